The number of anilines is 1. The van der Waals surface area contributed by atoms with Crippen molar-refractivity contribution >= 4 is 17.0 Å². The summed E-state index contributed by atoms with van der Waals surface area (Å²) in [6.07, 6.45) is 0. The van der Waals surface area contributed by atoms with Crippen LogP contribution in [0.3, 0.4) is 0 Å². The van der Waals surface area contributed by atoms with E-state index in [2.05, 4.69) is 35.8 Å². The maximum Gasteiger partial charge on any atom is 0.0731 e. The molecule has 2 rings (SSSR count). The van der Waals surface area contributed by atoms with Crippen LogP contribution in [0.25, 0.3) is 0 Å². The molecule has 2 nitrogen and oxygen atoms in total. The van der Waals surface area contributed by atoms with E-state index < -0.39 is 0 Å². The molecule has 2 aromatic rings. The predicted octanol–water partition coefficient (Wildman–Crippen LogP) is 3.17. The Balaban J connectivity index is 2.16. The minimum atomic E-state index is 0.211. The minimum Gasteiger partial charge on any atom is -0.376 e. The van der Waals surface area contributed by atoms with Gasteiger partial charge >= 0.3 is 0 Å². The Morgan fingerprint density at radius 3 is 2.56 bits per heavy atom. The summed E-state index contributed by atoms with van der Waals surface area (Å²) in [4.78, 5) is 1.33. The average Bonchev–Trinajstić information content (AvgIpc) is 2.74. The van der Waals surface area contributed by atoms with E-state index >= 15 is 0 Å². The maximum atomic E-state index is 5.82. The number of benzene rings is 1. The van der Waals surface area contributed by atoms with Gasteiger partial charge in [0.25, 0.3) is 0 Å². The van der Waals surface area contributed by atoms with Crippen molar-refractivity contribution in [3.63, 3.8) is 0 Å². The van der Waals surface area contributed by atoms with E-state index in [0.717, 1.165) is 5.69 Å². The SMILES string of the molecule is Cc1ccsc1C(CN)Nc1ccccc1. The molecule has 0 fully saturated rings. The van der Waals surface area contributed by atoms with Crippen LogP contribution in [0.15, 0.2) is 41.8 Å². The molecule has 0 amide bonds. The molecule has 1 atom stereocenters. The van der Waals surface area contributed by atoms with Crippen LogP contribution in [0.4, 0.5) is 5.69 Å². The highest BCUT2D eigenvalue weighted by atomic mass is 32.1. The Morgan fingerprint density at radius 2 is 2.00 bits per heavy atom. The Hall–Kier alpha value is -1.32. The molecule has 0 aliphatic carbocycles. The molecule has 1 aromatic carbocycles. The lowest BCUT2D eigenvalue weighted by atomic mass is 10.1. The number of rotatable bonds is 4. The number of hydrogen-bond acceptors (Lipinski definition) is 3. The third-order valence-electron chi connectivity index (χ3n) is 2.57. The van der Waals surface area contributed by atoms with Gasteiger partial charge in [-0.15, -0.1) is 11.3 Å². The van der Waals surface area contributed by atoms with E-state index in [4.69, 9.17) is 5.73 Å². The molecule has 0 aliphatic rings. The highest BCUT2D eigenvalue weighted by Crippen LogP contribution is 2.26. The van der Waals surface area contributed by atoms with Gasteiger partial charge in [-0.2, -0.15) is 0 Å². The molecule has 16 heavy (non-hydrogen) atoms. The Kier molecular flexibility index (Phi) is 3.59. The standard InChI is InChI=1S/C13H16N2S/c1-10-7-8-16-13(10)12(9-14)15-11-5-3-2-4-6-11/h2-8,12,15H,9,14H2,1H3. The summed E-state index contributed by atoms with van der Waals surface area (Å²) in [5.41, 5.74) is 8.25. The molecule has 1 aromatic heterocycles. The van der Waals surface area contributed by atoms with Gasteiger partial charge < -0.3 is 11.1 Å². The average molecular weight is 232 g/mol. The molecule has 3 heteroatoms. The first-order valence-electron chi connectivity index (χ1n) is 5.37. The van der Waals surface area contributed by atoms with Crippen LogP contribution in [0.2, 0.25) is 0 Å². The van der Waals surface area contributed by atoms with Crippen molar-refractivity contribution in [2.75, 3.05) is 11.9 Å². The van der Waals surface area contributed by atoms with Gasteiger partial charge in [-0.05, 0) is 36.1 Å². The fourth-order valence-corrected chi connectivity index (χ4v) is 2.70. The van der Waals surface area contributed by atoms with Crippen molar-refractivity contribution < 1.29 is 0 Å². The summed E-state index contributed by atoms with van der Waals surface area (Å²) in [5.74, 6) is 0. The summed E-state index contributed by atoms with van der Waals surface area (Å²) in [6.45, 7) is 2.73. The van der Waals surface area contributed by atoms with Crippen LogP contribution in [0, 0.1) is 6.92 Å². The molecular formula is C13H16N2S. The number of aryl methyl sites for hydroxylation is 1. The zero-order chi connectivity index (χ0) is 11.4. The zero-order valence-electron chi connectivity index (χ0n) is 9.31. The highest BCUT2D eigenvalue weighted by molar-refractivity contribution is 7.10. The number of nitrogens with one attached hydrogen (secondary N) is 1. The first kappa shape index (κ1) is 11.2. The first-order valence-corrected chi connectivity index (χ1v) is 6.25. The van der Waals surface area contributed by atoms with Crippen molar-refractivity contribution in [1.29, 1.82) is 0 Å². The van der Waals surface area contributed by atoms with Crippen molar-refractivity contribution in [2.24, 2.45) is 5.73 Å². The van der Waals surface area contributed by atoms with E-state index in [0.29, 0.717) is 6.54 Å². The Bertz CT molecular complexity index is 436. The fourth-order valence-electron chi connectivity index (χ4n) is 1.71. The van der Waals surface area contributed by atoms with Crippen LogP contribution in [-0.2, 0) is 0 Å². The molecule has 0 saturated heterocycles. The van der Waals surface area contributed by atoms with Crippen molar-refractivity contribution in [1.82, 2.24) is 0 Å². The van der Waals surface area contributed by atoms with E-state index in [1.165, 1.54) is 10.4 Å². The lowest BCUT2D eigenvalue weighted by Gasteiger charge is -2.17. The second-order valence-corrected chi connectivity index (χ2v) is 4.71. The van der Waals surface area contributed by atoms with Crippen molar-refractivity contribution in [3.8, 4) is 0 Å². The van der Waals surface area contributed by atoms with E-state index in [9.17, 15) is 0 Å². The van der Waals surface area contributed by atoms with Crippen molar-refractivity contribution in [3.05, 3.63) is 52.2 Å². The van der Waals surface area contributed by atoms with Crippen LogP contribution >= 0.6 is 11.3 Å². The largest absolute Gasteiger partial charge is 0.376 e. The lowest BCUT2D eigenvalue weighted by molar-refractivity contribution is 0.800. The van der Waals surface area contributed by atoms with Crippen LogP contribution in [0.5, 0.6) is 0 Å². The van der Waals surface area contributed by atoms with Gasteiger partial charge in [-0.25, -0.2) is 0 Å². The molecule has 0 saturated carbocycles. The summed E-state index contributed by atoms with van der Waals surface area (Å²) < 4.78 is 0. The molecule has 0 spiro atoms. The maximum absolute atomic E-state index is 5.82. The number of hydrogen-bond donors (Lipinski definition) is 2. The van der Waals surface area contributed by atoms with Gasteiger partial charge in [0.2, 0.25) is 0 Å². The second-order valence-electron chi connectivity index (χ2n) is 3.77. The lowest BCUT2D eigenvalue weighted by Crippen LogP contribution is -2.20. The molecular weight excluding hydrogens is 216 g/mol. The predicted molar refractivity (Wildman–Crippen MR) is 70.9 cm³/mol. The fraction of sp³-hybridized carbons (Fsp3) is 0.231. The highest BCUT2D eigenvalue weighted by Gasteiger charge is 2.12. The third-order valence-corrected chi connectivity index (χ3v) is 3.70. The zero-order valence-corrected chi connectivity index (χ0v) is 10.1. The summed E-state index contributed by atoms with van der Waals surface area (Å²) >= 11 is 1.76. The van der Waals surface area contributed by atoms with Crippen LogP contribution in [-0.4, -0.2) is 6.54 Å². The minimum absolute atomic E-state index is 0.211. The molecule has 0 aliphatic heterocycles. The summed E-state index contributed by atoms with van der Waals surface area (Å²) in [7, 11) is 0. The third kappa shape index (κ3) is 2.43. The quantitative estimate of drug-likeness (QED) is 0.849. The Morgan fingerprint density at radius 1 is 1.25 bits per heavy atom. The van der Waals surface area contributed by atoms with Gasteiger partial charge in [0.15, 0.2) is 0 Å². The first-order chi connectivity index (χ1) is 7.81. The number of para-hydroxylation sites is 1. The van der Waals surface area contributed by atoms with Gasteiger partial charge in [-0.1, -0.05) is 18.2 Å². The van der Waals surface area contributed by atoms with E-state index in [1.54, 1.807) is 11.3 Å². The normalized spacial score (nSPS) is 12.4. The van der Waals surface area contributed by atoms with Gasteiger partial charge in [-0.3, -0.25) is 0 Å². The Labute approximate surface area is 100 Å². The number of nitrogens with two attached hydrogens (primary N) is 1. The monoisotopic (exact) mass is 232 g/mol. The topological polar surface area (TPSA) is 38.0 Å². The van der Waals surface area contributed by atoms with Gasteiger partial charge in [0.05, 0.1) is 6.04 Å². The van der Waals surface area contributed by atoms with Gasteiger partial charge in [0, 0.05) is 17.1 Å². The summed E-state index contributed by atoms with van der Waals surface area (Å²) in [6, 6.07) is 12.5. The second kappa shape index (κ2) is 5.14. The molecule has 84 valence electrons. The molecule has 0 bridgehead atoms. The van der Waals surface area contributed by atoms with E-state index in [-0.39, 0.29) is 6.04 Å². The van der Waals surface area contributed by atoms with E-state index in [1.807, 2.05) is 18.2 Å². The molecule has 1 unspecified atom stereocenters. The molecule has 0 radical (unpaired) electrons. The molecule has 3 N–H and O–H groups in total. The van der Waals surface area contributed by atoms with Crippen LogP contribution in [0.1, 0.15) is 16.5 Å². The smallest absolute Gasteiger partial charge is 0.0731 e. The van der Waals surface area contributed by atoms with Crippen molar-refractivity contribution in [2.45, 2.75) is 13.0 Å². The van der Waals surface area contributed by atoms with Gasteiger partial charge in [0.1, 0.15) is 0 Å². The number of thiophene rings is 1. The summed E-state index contributed by atoms with van der Waals surface area (Å²) in [5, 5.41) is 5.57. The molecule has 1 heterocycles. The van der Waals surface area contributed by atoms with Crippen LogP contribution < -0.4 is 11.1 Å².